The van der Waals surface area contributed by atoms with Crippen LogP contribution in [0.4, 0.5) is 0 Å². The zero-order valence-corrected chi connectivity index (χ0v) is 8.18. The summed E-state index contributed by atoms with van der Waals surface area (Å²) in [5.41, 5.74) is 3.93. The second-order valence-electron chi connectivity index (χ2n) is 3.87. The van der Waals surface area contributed by atoms with Crippen LogP contribution in [0.2, 0.25) is 0 Å². The Labute approximate surface area is 83.1 Å². The third-order valence-corrected chi connectivity index (χ3v) is 2.88. The van der Waals surface area contributed by atoms with Crippen LogP contribution in [0.3, 0.4) is 0 Å². The smallest absolute Gasteiger partial charge is 0.303 e. The van der Waals surface area contributed by atoms with Gasteiger partial charge in [0, 0.05) is 18.3 Å². The molecule has 1 heterocycles. The number of aryl methyl sites for hydroxylation is 2. The summed E-state index contributed by atoms with van der Waals surface area (Å²) >= 11 is 0. The molecule has 3 nitrogen and oxygen atoms in total. The number of aliphatic carboxylic acids is 1. The second-order valence-corrected chi connectivity index (χ2v) is 3.87. The lowest BCUT2D eigenvalue weighted by Crippen LogP contribution is -2.04. The molecule has 0 saturated carbocycles. The Bertz CT molecular complexity index is 341. The fourth-order valence-corrected chi connectivity index (χ4v) is 2.14. The summed E-state index contributed by atoms with van der Waals surface area (Å²) in [5.74, 6) is -0.712. The lowest BCUT2D eigenvalue weighted by Gasteiger charge is -2.12. The van der Waals surface area contributed by atoms with Crippen molar-refractivity contribution in [3.05, 3.63) is 23.0 Å². The summed E-state index contributed by atoms with van der Waals surface area (Å²) in [6, 6.07) is 0. The molecule has 2 N–H and O–H groups in total. The Kier molecular flexibility index (Phi) is 2.57. The van der Waals surface area contributed by atoms with Crippen LogP contribution in [0.25, 0.3) is 0 Å². The Balaban J connectivity index is 2.10. The van der Waals surface area contributed by atoms with E-state index in [1.54, 1.807) is 0 Å². The lowest BCUT2D eigenvalue weighted by molar-refractivity contribution is -0.136. The number of fused-ring (bicyclic) bond motifs is 1. The Morgan fingerprint density at radius 2 is 2.21 bits per heavy atom. The zero-order chi connectivity index (χ0) is 9.97. The van der Waals surface area contributed by atoms with Crippen LogP contribution in [-0.2, 0) is 24.1 Å². The molecule has 0 radical (unpaired) electrons. The largest absolute Gasteiger partial charge is 0.481 e. The summed E-state index contributed by atoms with van der Waals surface area (Å²) < 4.78 is 0. The van der Waals surface area contributed by atoms with Crippen molar-refractivity contribution >= 4 is 5.97 Å². The average Bonchev–Trinajstić information content (AvgIpc) is 2.58. The van der Waals surface area contributed by atoms with Gasteiger partial charge in [0.05, 0.1) is 0 Å². The van der Waals surface area contributed by atoms with Gasteiger partial charge in [0.15, 0.2) is 0 Å². The van der Waals surface area contributed by atoms with E-state index in [0.29, 0.717) is 6.42 Å². The second kappa shape index (κ2) is 3.86. The Morgan fingerprint density at radius 1 is 1.43 bits per heavy atom. The van der Waals surface area contributed by atoms with Crippen molar-refractivity contribution in [2.45, 2.75) is 38.5 Å². The molecule has 2 rings (SSSR count). The molecule has 1 aromatic rings. The topological polar surface area (TPSA) is 53.1 Å². The third kappa shape index (κ3) is 1.81. The first-order valence-corrected chi connectivity index (χ1v) is 5.17. The molecule has 0 saturated heterocycles. The van der Waals surface area contributed by atoms with Gasteiger partial charge in [-0.1, -0.05) is 0 Å². The van der Waals surface area contributed by atoms with Gasteiger partial charge in [-0.2, -0.15) is 0 Å². The van der Waals surface area contributed by atoms with Gasteiger partial charge >= 0.3 is 5.97 Å². The Hall–Kier alpha value is -1.25. The third-order valence-electron chi connectivity index (χ3n) is 2.88. The summed E-state index contributed by atoms with van der Waals surface area (Å²) in [5, 5.41) is 8.61. The number of aromatic amines is 1. The number of carboxylic acids is 1. The highest BCUT2D eigenvalue weighted by atomic mass is 16.4. The lowest BCUT2D eigenvalue weighted by atomic mass is 9.94. The summed E-state index contributed by atoms with van der Waals surface area (Å²) in [6.45, 7) is 0. The molecular formula is C11H15NO2. The van der Waals surface area contributed by atoms with Crippen LogP contribution in [-0.4, -0.2) is 16.1 Å². The van der Waals surface area contributed by atoms with Gasteiger partial charge in [-0.05, 0) is 43.2 Å². The number of hydrogen-bond donors (Lipinski definition) is 2. The molecule has 0 bridgehead atoms. The Morgan fingerprint density at radius 3 is 3.00 bits per heavy atom. The van der Waals surface area contributed by atoms with E-state index >= 15 is 0 Å². The normalized spacial score (nSPS) is 15.1. The van der Waals surface area contributed by atoms with E-state index in [1.165, 1.54) is 29.7 Å². The molecule has 0 aromatic carbocycles. The number of carbonyl (C=O) groups is 1. The van der Waals surface area contributed by atoms with Gasteiger partial charge in [0.1, 0.15) is 0 Å². The maximum absolute atomic E-state index is 10.5. The number of hydrogen-bond acceptors (Lipinski definition) is 1. The first-order valence-electron chi connectivity index (χ1n) is 5.17. The maximum Gasteiger partial charge on any atom is 0.303 e. The predicted octanol–water partition coefficient (Wildman–Crippen LogP) is 1.91. The van der Waals surface area contributed by atoms with Crippen molar-refractivity contribution < 1.29 is 9.90 Å². The molecule has 0 unspecified atom stereocenters. The molecule has 0 spiro atoms. The van der Waals surface area contributed by atoms with Crippen LogP contribution in [0.1, 0.15) is 36.1 Å². The molecule has 14 heavy (non-hydrogen) atoms. The van der Waals surface area contributed by atoms with Gasteiger partial charge in [-0.3, -0.25) is 4.79 Å². The van der Waals surface area contributed by atoms with E-state index < -0.39 is 5.97 Å². The highest BCUT2D eigenvalue weighted by molar-refractivity contribution is 5.67. The molecule has 76 valence electrons. The van der Waals surface area contributed by atoms with Crippen molar-refractivity contribution in [3.8, 4) is 0 Å². The summed E-state index contributed by atoms with van der Waals surface area (Å²) in [4.78, 5) is 13.7. The molecule has 3 heteroatoms. The highest BCUT2D eigenvalue weighted by Gasteiger charge is 2.15. The molecule has 0 fully saturated rings. The minimum atomic E-state index is -0.712. The van der Waals surface area contributed by atoms with Gasteiger partial charge in [-0.25, -0.2) is 0 Å². The summed E-state index contributed by atoms with van der Waals surface area (Å²) in [6.07, 6.45) is 7.64. The molecule has 1 aromatic heterocycles. The standard InChI is InChI=1S/C11H15NO2/c13-11(14)6-5-8-7-12-10-4-2-1-3-9(8)10/h7,12H,1-6H2,(H,13,14). The van der Waals surface area contributed by atoms with E-state index in [2.05, 4.69) is 4.98 Å². The molecule has 0 aliphatic heterocycles. The minimum Gasteiger partial charge on any atom is -0.481 e. The SMILES string of the molecule is O=C(O)CCc1c[nH]c2c1CCCC2. The minimum absolute atomic E-state index is 0.240. The average molecular weight is 193 g/mol. The summed E-state index contributed by atoms with van der Waals surface area (Å²) in [7, 11) is 0. The number of nitrogens with one attached hydrogen (secondary N) is 1. The van der Waals surface area contributed by atoms with E-state index in [-0.39, 0.29) is 6.42 Å². The molecule has 0 atom stereocenters. The van der Waals surface area contributed by atoms with Crippen molar-refractivity contribution in [1.82, 2.24) is 4.98 Å². The maximum atomic E-state index is 10.5. The number of rotatable bonds is 3. The van der Waals surface area contributed by atoms with Crippen LogP contribution < -0.4 is 0 Å². The number of carboxylic acid groups (broad SMARTS) is 1. The number of aromatic nitrogens is 1. The first kappa shape index (κ1) is 9.31. The van der Waals surface area contributed by atoms with Crippen molar-refractivity contribution in [3.63, 3.8) is 0 Å². The first-order chi connectivity index (χ1) is 6.77. The van der Waals surface area contributed by atoms with Crippen LogP contribution in [0.5, 0.6) is 0 Å². The quantitative estimate of drug-likeness (QED) is 0.770. The van der Waals surface area contributed by atoms with E-state index in [1.807, 2.05) is 6.20 Å². The van der Waals surface area contributed by atoms with E-state index in [4.69, 9.17) is 5.11 Å². The predicted molar refractivity (Wildman–Crippen MR) is 53.4 cm³/mol. The van der Waals surface area contributed by atoms with Crippen molar-refractivity contribution in [1.29, 1.82) is 0 Å². The van der Waals surface area contributed by atoms with Crippen LogP contribution in [0, 0.1) is 0 Å². The van der Waals surface area contributed by atoms with Gasteiger partial charge in [-0.15, -0.1) is 0 Å². The highest BCUT2D eigenvalue weighted by Crippen LogP contribution is 2.24. The molecule has 1 aliphatic carbocycles. The molecule has 0 amide bonds. The zero-order valence-electron chi connectivity index (χ0n) is 8.18. The van der Waals surface area contributed by atoms with Gasteiger partial charge < -0.3 is 10.1 Å². The number of H-pyrrole nitrogens is 1. The fraction of sp³-hybridized carbons (Fsp3) is 0.545. The van der Waals surface area contributed by atoms with Gasteiger partial charge in [0.25, 0.3) is 0 Å². The van der Waals surface area contributed by atoms with E-state index in [9.17, 15) is 4.79 Å². The van der Waals surface area contributed by atoms with Gasteiger partial charge in [0.2, 0.25) is 0 Å². The molecule has 1 aliphatic rings. The van der Waals surface area contributed by atoms with Crippen molar-refractivity contribution in [2.24, 2.45) is 0 Å². The van der Waals surface area contributed by atoms with Crippen LogP contribution >= 0.6 is 0 Å². The monoisotopic (exact) mass is 193 g/mol. The molecular weight excluding hydrogens is 178 g/mol. The van der Waals surface area contributed by atoms with Crippen LogP contribution in [0.15, 0.2) is 6.20 Å². The van der Waals surface area contributed by atoms with Crippen molar-refractivity contribution in [2.75, 3.05) is 0 Å². The van der Waals surface area contributed by atoms with E-state index in [0.717, 1.165) is 12.8 Å². The fourth-order valence-electron chi connectivity index (χ4n) is 2.14.